The van der Waals surface area contributed by atoms with Crippen LogP contribution < -0.4 is 0 Å². The van der Waals surface area contributed by atoms with Crippen molar-refractivity contribution in [2.24, 2.45) is 11.8 Å². The van der Waals surface area contributed by atoms with E-state index in [1.54, 1.807) is 20.8 Å². The van der Waals surface area contributed by atoms with Gasteiger partial charge in [0, 0.05) is 18.3 Å². The molecular weight excluding hydrogens is 180 g/mol. The molecule has 0 aliphatic carbocycles. The lowest BCUT2D eigenvalue weighted by molar-refractivity contribution is -0.130. The lowest BCUT2D eigenvalue weighted by Crippen LogP contribution is -2.26. The standard InChI is InChI=1S/C11H18O3/c1-5-10(13)8(3)9(4)11(14)6-7(2)12/h5,7-9,12H,1,6H2,2-4H3. The van der Waals surface area contributed by atoms with E-state index in [-0.39, 0.29) is 29.8 Å². The number of carbonyl (C=O) groups excluding carboxylic acids is 2. The Kier molecular flexibility index (Phi) is 5.31. The van der Waals surface area contributed by atoms with Crippen LogP contribution in [0.3, 0.4) is 0 Å². The van der Waals surface area contributed by atoms with Gasteiger partial charge in [-0.3, -0.25) is 9.59 Å². The molecule has 0 aromatic carbocycles. The van der Waals surface area contributed by atoms with E-state index in [4.69, 9.17) is 5.11 Å². The van der Waals surface area contributed by atoms with E-state index >= 15 is 0 Å². The van der Waals surface area contributed by atoms with Crippen molar-refractivity contribution < 1.29 is 14.7 Å². The molecule has 0 saturated carbocycles. The lowest BCUT2D eigenvalue weighted by atomic mass is 9.86. The molecule has 3 heteroatoms. The fourth-order valence-corrected chi connectivity index (χ4v) is 1.19. The molecule has 0 aromatic rings. The van der Waals surface area contributed by atoms with Gasteiger partial charge in [-0.05, 0) is 13.0 Å². The average Bonchev–Trinajstić information content (AvgIpc) is 2.13. The van der Waals surface area contributed by atoms with Crippen molar-refractivity contribution in [3.8, 4) is 0 Å². The first kappa shape index (κ1) is 13.0. The van der Waals surface area contributed by atoms with Gasteiger partial charge in [0.1, 0.15) is 5.78 Å². The van der Waals surface area contributed by atoms with E-state index in [2.05, 4.69) is 6.58 Å². The molecule has 0 aliphatic rings. The SMILES string of the molecule is C=CC(=O)C(C)C(C)C(=O)CC(C)O. The van der Waals surface area contributed by atoms with Crippen molar-refractivity contribution in [1.29, 1.82) is 0 Å². The van der Waals surface area contributed by atoms with Crippen LogP contribution in [-0.4, -0.2) is 22.8 Å². The third-order valence-corrected chi connectivity index (χ3v) is 2.40. The molecule has 1 N–H and O–H groups in total. The Morgan fingerprint density at radius 2 is 1.79 bits per heavy atom. The Morgan fingerprint density at radius 3 is 2.14 bits per heavy atom. The zero-order chi connectivity index (χ0) is 11.3. The van der Waals surface area contributed by atoms with Crippen LogP contribution in [0.1, 0.15) is 27.2 Å². The van der Waals surface area contributed by atoms with Gasteiger partial charge in [-0.1, -0.05) is 20.4 Å². The molecule has 3 nitrogen and oxygen atoms in total. The Labute approximate surface area is 84.8 Å². The highest BCUT2D eigenvalue weighted by Crippen LogP contribution is 2.16. The molecule has 0 saturated heterocycles. The van der Waals surface area contributed by atoms with E-state index in [0.29, 0.717) is 0 Å². The number of hydrogen-bond donors (Lipinski definition) is 1. The number of aliphatic hydroxyl groups excluding tert-OH is 1. The Balaban J connectivity index is 4.30. The van der Waals surface area contributed by atoms with E-state index in [1.165, 1.54) is 6.08 Å². The van der Waals surface area contributed by atoms with Crippen molar-refractivity contribution in [2.45, 2.75) is 33.3 Å². The van der Waals surface area contributed by atoms with Crippen LogP contribution in [-0.2, 0) is 9.59 Å². The summed E-state index contributed by atoms with van der Waals surface area (Å²) in [6.07, 6.45) is 0.697. The monoisotopic (exact) mass is 198 g/mol. The maximum atomic E-state index is 11.5. The summed E-state index contributed by atoms with van der Waals surface area (Å²) in [5.41, 5.74) is 0. The molecule has 0 amide bonds. The summed E-state index contributed by atoms with van der Waals surface area (Å²) in [5, 5.41) is 9.02. The second-order valence-corrected chi connectivity index (χ2v) is 3.70. The summed E-state index contributed by atoms with van der Waals surface area (Å²) < 4.78 is 0. The van der Waals surface area contributed by atoms with Gasteiger partial charge in [0.2, 0.25) is 0 Å². The van der Waals surface area contributed by atoms with E-state index in [1.807, 2.05) is 0 Å². The predicted molar refractivity (Wildman–Crippen MR) is 54.8 cm³/mol. The number of allylic oxidation sites excluding steroid dienone is 1. The van der Waals surface area contributed by atoms with Crippen LogP contribution in [0.25, 0.3) is 0 Å². The molecule has 14 heavy (non-hydrogen) atoms. The lowest BCUT2D eigenvalue weighted by Gasteiger charge is -2.16. The van der Waals surface area contributed by atoms with Gasteiger partial charge in [-0.25, -0.2) is 0 Å². The van der Waals surface area contributed by atoms with Gasteiger partial charge in [-0.15, -0.1) is 0 Å². The molecule has 0 radical (unpaired) electrons. The first-order valence-electron chi connectivity index (χ1n) is 4.77. The zero-order valence-corrected chi connectivity index (χ0v) is 8.99. The summed E-state index contributed by atoms with van der Waals surface area (Å²) in [6.45, 7) is 8.34. The third kappa shape index (κ3) is 3.83. The minimum atomic E-state index is -0.643. The number of ketones is 2. The molecule has 0 rings (SSSR count). The van der Waals surface area contributed by atoms with Crippen LogP contribution in [0, 0.1) is 11.8 Å². The van der Waals surface area contributed by atoms with Crippen LogP contribution in [0.4, 0.5) is 0 Å². The summed E-state index contributed by atoms with van der Waals surface area (Å²) in [6, 6.07) is 0. The highest BCUT2D eigenvalue weighted by atomic mass is 16.3. The van der Waals surface area contributed by atoms with Crippen molar-refractivity contribution in [2.75, 3.05) is 0 Å². The molecule has 0 spiro atoms. The van der Waals surface area contributed by atoms with Crippen molar-refractivity contribution >= 4 is 11.6 Å². The smallest absolute Gasteiger partial charge is 0.158 e. The van der Waals surface area contributed by atoms with Crippen LogP contribution >= 0.6 is 0 Å². The quantitative estimate of drug-likeness (QED) is 0.655. The fourth-order valence-electron chi connectivity index (χ4n) is 1.19. The van der Waals surface area contributed by atoms with Gasteiger partial charge < -0.3 is 5.11 Å². The second-order valence-electron chi connectivity index (χ2n) is 3.70. The zero-order valence-electron chi connectivity index (χ0n) is 8.99. The Morgan fingerprint density at radius 1 is 1.29 bits per heavy atom. The largest absolute Gasteiger partial charge is 0.393 e. The predicted octanol–water partition coefficient (Wildman–Crippen LogP) is 1.35. The number of carbonyl (C=O) groups is 2. The topological polar surface area (TPSA) is 54.4 Å². The first-order valence-corrected chi connectivity index (χ1v) is 4.77. The maximum absolute atomic E-state index is 11.5. The molecule has 3 unspecified atom stereocenters. The highest BCUT2D eigenvalue weighted by molar-refractivity contribution is 5.95. The Bertz CT molecular complexity index is 231. The second kappa shape index (κ2) is 5.70. The van der Waals surface area contributed by atoms with E-state index < -0.39 is 6.10 Å². The molecule has 0 aromatic heterocycles. The third-order valence-electron chi connectivity index (χ3n) is 2.40. The first-order chi connectivity index (χ1) is 6.40. The number of hydrogen-bond acceptors (Lipinski definition) is 3. The molecular formula is C11H18O3. The van der Waals surface area contributed by atoms with Gasteiger partial charge in [0.25, 0.3) is 0 Å². The minimum Gasteiger partial charge on any atom is -0.393 e. The average molecular weight is 198 g/mol. The summed E-state index contributed by atoms with van der Waals surface area (Å²) >= 11 is 0. The maximum Gasteiger partial charge on any atom is 0.158 e. The van der Waals surface area contributed by atoms with E-state index in [0.717, 1.165) is 0 Å². The van der Waals surface area contributed by atoms with Gasteiger partial charge in [0.15, 0.2) is 5.78 Å². The van der Waals surface area contributed by atoms with Gasteiger partial charge in [0.05, 0.1) is 6.10 Å². The van der Waals surface area contributed by atoms with Crippen LogP contribution in [0.5, 0.6) is 0 Å². The van der Waals surface area contributed by atoms with E-state index in [9.17, 15) is 9.59 Å². The van der Waals surface area contributed by atoms with Crippen LogP contribution in [0.15, 0.2) is 12.7 Å². The number of Topliss-reactive ketones (excluding diaryl/α,β-unsaturated/α-hetero) is 1. The minimum absolute atomic E-state index is 0.0808. The molecule has 3 atom stereocenters. The Hall–Kier alpha value is -0.960. The highest BCUT2D eigenvalue weighted by Gasteiger charge is 2.24. The van der Waals surface area contributed by atoms with Crippen molar-refractivity contribution in [1.82, 2.24) is 0 Å². The molecule has 0 heterocycles. The normalized spacial score (nSPS) is 16.9. The summed E-state index contributed by atoms with van der Waals surface area (Å²) in [4.78, 5) is 22.7. The summed E-state index contributed by atoms with van der Waals surface area (Å²) in [7, 11) is 0. The van der Waals surface area contributed by atoms with Gasteiger partial charge in [-0.2, -0.15) is 0 Å². The summed E-state index contributed by atoms with van der Waals surface area (Å²) in [5.74, 6) is -0.909. The molecule has 80 valence electrons. The number of rotatable bonds is 6. The van der Waals surface area contributed by atoms with Crippen molar-refractivity contribution in [3.63, 3.8) is 0 Å². The molecule has 0 aliphatic heterocycles. The van der Waals surface area contributed by atoms with Crippen molar-refractivity contribution in [3.05, 3.63) is 12.7 Å². The number of aliphatic hydroxyl groups is 1. The fraction of sp³-hybridized carbons (Fsp3) is 0.636. The van der Waals surface area contributed by atoms with Crippen LogP contribution in [0.2, 0.25) is 0 Å². The van der Waals surface area contributed by atoms with Gasteiger partial charge >= 0.3 is 0 Å². The molecule has 0 bridgehead atoms. The molecule has 0 fully saturated rings.